The fraction of sp³-hybridized carbons (Fsp3) is 0.211. The largest absolute Gasteiger partial charge is 0.497 e. The third kappa shape index (κ3) is 3.85. The van der Waals surface area contributed by atoms with Crippen LogP contribution in [0, 0.1) is 5.92 Å². The Morgan fingerprint density at radius 2 is 2.04 bits per heavy atom. The van der Waals surface area contributed by atoms with E-state index in [4.69, 9.17) is 10.5 Å². The first kappa shape index (κ1) is 16.7. The van der Waals surface area contributed by atoms with Crippen LogP contribution in [0.15, 0.2) is 52.6 Å². The highest BCUT2D eigenvalue weighted by Crippen LogP contribution is 2.26. The third-order valence-electron chi connectivity index (χ3n) is 4.05. The molecule has 0 aromatic heterocycles. The quantitative estimate of drug-likeness (QED) is 0.664. The minimum Gasteiger partial charge on any atom is -0.497 e. The second kappa shape index (κ2) is 7.17. The summed E-state index contributed by atoms with van der Waals surface area (Å²) < 4.78 is 5.14. The van der Waals surface area contributed by atoms with E-state index in [1.54, 1.807) is 13.3 Å². The van der Waals surface area contributed by atoms with Crippen LogP contribution >= 0.6 is 0 Å². The van der Waals surface area contributed by atoms with Crippen molar-refractivity contribution in [3.05, 3.63) is 53.6 Å². The molecule has 1 aliphatic heterocycles. The molecule has 0 saturated carbocycles. The van der Waals surface area contributed by atoms with E-state index in [2.05, 4.69) is 15.5 Å². The number of hydrogen-bond acceptors (Lipinski definition) is 5. The van der Waals surface area contributed by atoms with Crippen LogP contribution in [-0.4, -0.2) is 24.9 Å². The van der Waals surface area contributed by atoms with Gasteiger partial charge in [-0.2, -0.15) is 5.10 Å². The van der Waals surface area contributed by atoms with Crippen LogP contribution in [0.4, 0.5) is 11.4 Å². The van der Waals surface area contributed by atoms with Crippen molar-refractivity contribution in [2.45, 2.75) is 13.3 Å². The first-order chi connectivity index (χ1) is 12.1. The van der Waals surface area contributed by atoms with Crippen LogP contribution in [0.2, 0.25) is 0 Å². The summed E-state index contributed by atoms with van der Waals surface area (Å²) in [4.78, 5) is 15.8. The zero-order chi connectivity index (χ0) is 17.8. The summed E-state index contributed by atoms with van der Waals surface area (Å²) in [5, 5.41) is 4.15. The monoisotopic (exact) mass is 336 g/mol. The lowest BCUT2D eigenvalue weighted by Crippen LogP contribution is -2.31. The predicted molar refractivity (Wildman–Crippen MR) is 99.6 cm³/mol. The molecule has 3 N–H and O–H groups in total. The number of nitrogens with two attached hydrogens (primary N) is 1. The molecule has 0 fully saturated rings. The zero-order valence-electron chi connectivity index (χ0n) is 14.2. The molecule has 6 heteroatoms. The lowest BCUT2D eigenvalue weighted by atomic mass is 9.93. The summed E-state index contributed by atoms with van der Waals surface area (Å²) in [5.41, 5.74) is 12.6. The van der Waals surface area contributed by atoms with Crippen molar-refractivity contribution in [2.75, 3.05) is 12.8 Å². The highest BCUT2D eigenvalue weighted by Gasteiger charge is 2.21. The van der Waals surface area contributed by atoms with Crippen LogP contribution in [0.5, 0.6) is 5.75 Å². The predicted octanol–water partition coefficient (Wildman–Crippen LogP) is 2.89. The maximum atomic E-state index is 11.4. The van der Waals surface area contributed by atoms with Crippen molar-refractivity contribution >= 4 is 29.2 Å². The highest BCUT2D eigenvalue weighted by atomic mass is 16.5. The Morgan fingerprint density at radius 1 is 1.28 bits per heavy atom. The summed E-state index contributed by atoms with van der Waals surface area (Å²) in [5.74, 6) is 0.794. The van der Waals surface area contributed by atoms with E-state index < -0.39 is 0 Å². The molecule has 0 bridgehead atoms. The smallest absolute Gasteiger partial charge is 0.240 e. The average Bonchev–Trinajstić information content (AvgIpc) is 2.61. The number of methoxy groups -OCH3 is 1. The standard InChI is InChI=1S/C19H20N4O2/c1-12-9-18(24)22-23-19(12)14-5-8-17(16(20)10-14)21-11-13-3-6-15(25-2)7-4-13/h3-8,10-12H,9,20H2,1-2H3,(H,22,24). The number of rotatable bonds is 4. The van der Waals surface area contributed by atoms with Crippen molar-refractivity contribution < 1.29 is 9.53 Å². The normalized spacial score (nSPS) is 17.3. The number of carbonyl (C=O) groups excluding carboxylic acids is 1. The van der Waals surface area contributed by atoms with Crippen molar-refractivity contribution in [2.24, 2.45) is 16.0 Å². The van der Waals surface area contributed by atoms with Gasteiger partial charge in [-0.1, -0.05) is 13.0 Å². The van der Waals surface area contributed by atoms with E-state index in [0.29, 0.717) is 17.8 Å². The summed E-state index contributed by atoms with van der Waals surface area (Å²) >= 11 is 0. The molecule has 0 radical (unpaired) electrons. The average molecular weight is 336 g/mol. The van der Waals surface area contributed by atoms with Gasteiger partial charge in [-0.25, -0.2) is 5.43 Å². The minimum absolute atomic E-state index is 0.0572. The molecule has 1 atom stereocenters. The molecule has 2 aromatic rings. The molecule has 128 valence electrons. The minimum atomic E-state index is -0.0649. The van der Waals surface area contributed by atoms with Crippen LogP contribution in [0.1, 0.15) is 24.5 Å². The van der Waals surface area contributed by atoms with E-state index >= 15 is 0 Å². The molecule has 0 saturated heterocycles. The molecular weight excluding hydrogens is 316 g/mol. The molecule has 2 aromatic carbocycles. The maximum Gasteiger partial charge on any atom is 0.240 e. The van der Waals surface area contributed by atoms with Crippen LogP contribution in [0.3, 0.4) is 0 Å². The molecule has 6 nitrogen and oxygen atoms in total. The Hall–Kier alpha value is -3.15. The third-order valence-corrected chi connectivity index (χ3v) is 4.05. The Labute approximate surface area is 146 Å². The second-order valence-corrected chi connectivity index (χ2v) is 5.94. The van der Waals surface area contributed by atoms with E-state index in [9.17, 15) is 4.79 Å². The number of ether oxygens (including phenoxy) is 1. The Kier molecular flexibility index (Phi) is 4.79. The summed E-state index contributed by atoms with van der Waals surface area (Å²) in [6, 6.07) is 13.2. The summed E-state index contributed by atoms with van der Waals surface area (Å²) in [7, 11) is 1.63. The van der Waals surface area contributed by atoms with Gasteiger partial charge in [0.25, 0.3) is 0 Å². The number of benzene rings is 2. The SMILES string of the molecule is COc1ccc(C=Nc2ccc(C3=NNC(=O)CC3C)cc2N)cc1. The van der Waals surface area contributed by atoms with Gasteiger partial charge >= 0.3 is 0 Å². The first-order valence-corrected chi connectivity index (χ1v) is 8.01. The molecule has 25 heavy (non-hydrogen) atoms. The van der Waals surface area contributed by atoms with Gasteiger partial charge in [0.15, 0.2) is 0 Å². The van der Waals surface area contributed by atoms with Crippen molar-refractivity contribution in [3.63, 3.8) is 0 Å². The number of hydrogen-bond donors (Lipinski definition) is 2. The number of nitrogens with one attached hydrogen (secondary N) is 1. The number of anilines is 1. The van der Waals surface area contributed by atoms with Gasteiger partial charge in [0.1, 0.15) is 5.75 Å². The Bertz CT molecular complexity index is 841. The van der Waals surface area contributed by atoms with Gasteiger partial charge in [0.2, 0.25) is 5.91 Å². The fourth-order valence-electron chi connectivity index (χ4n) is 2.67. The number of hydrazone groups is 1. The van der Waals surface area contributed by atoms with Gasteiger partial charge in [-0.15, -0.1) is 0 Å². The van der Waals surface area contributed by atoms with Crippen molar-refractivity contribution in [1.82, 2.24) is 5.43 Å². The molecule has 1 amide bonds. The fourth-order valence-corrected chi connectivity index (χ4v) is 2.67. The van der Waals surface area contributed by atoms with E-state index in [1.165, 1.54) is 0 Å². The van der Waals surface area contributed by atoms with Crippen LogP contribution in [-0.2, 0) is 4.79 Å². The molecule has 3 rings (SSSR count). The lowest BCUT2D eigenvalue weighted by molar-refractivity contribution is -0.121. The molecule has 1 aliphatic rings. The van der Waals surface area contributed by atoms with Gasteiger partial charge in [0, 0.05) is 24.1 Å². The second-order valence-electron chi connectivity index (χ2n) is 5.94. The molecule has 1 unspecified atom stereocenters. The Morgan fingerprint density at radius 3 is 2.68 bits per heavy atom. The van der Waals surface area contributed by atoms with Crippen molar-refractivity contribution in [1.29, 1.82) is 0 Å². The molecule has 0 spiro atoms. The highest BCUT2D eigenvalue weighted by molar-refractivity contribution is 6.06. The van der Waals surface area contributed by atoms with Crippen molar-refractivity contribution in [3.8, 4) is 5.75 Å². The maximum absolute atomic E-state index is 11.4. The topological polar surface area (TPSA) is 89.1 Å². The van der Waals surface area contributed by atoms with Gasteiger partial charge in [-0.05, 0) is 42.0 Å². The van der Waals surface area contributed by atoms with E-state index in [0.717, 1.165) is 22.6 Å². The van der Waals surface area contributed by atoms with Crippen LogP contribution in [0.25, 0.3) is 0 Å². The molecular formula is C19H20N4O2. The number of carbonyl (C=O) groups is 1. The first-order valence-electron chi connectivity index (χ1n) is 8.01. The lowest BCUT2D eigenvalue weighted by Gasteiger charge is -2.19. The van der Waals surface area contributed by atoms with Gasteiger partial charge in [0.05, 0.1) is 24.2 Å². The Balaban J connectivity index is 1.80. The van der Waals surface area contributed by atoms with Gasteiger partial charge in [-0.3, -0.25) is 9.79 Å². The number of nitrogens with zero attached hydrogens (tertiary/aromatic N) is 2. The zero-order valence-corrected chi connectivity index (χ0v) is 14.2. The summed E-state index contributed by atoms with van der Waals surface area (Å²) in [6.45, 7) is 1.98. The van der Waals surface area contributed by atoms with E-state index in [-0.39, 0.29) is 11.8 Å². The van der Waals surface area contributed by atoms with E-state index in [1.807, 2.05) is 49.4 Å². The molecule has 0 aliphatic carbocycles. The van der Waals surface area contributed by atoms with Gasteiger partial charge < -0.3 is 10.5 Å². The summed E-state index contributed by atoms with van der Waals surface area (Å²) in [6.07, 6.45) is 2.18. The number of nitrogen functional groups attached to an aromatic ring is 1. The number of amides is 1. The van der Waals surface area contributed by atoms with Crippen LogP contribution < -0.4 is 15.9 Å². The molecule has 1 heterocycles. The number of aliphatic imine (C=N–C) groups is 1.